The summed E-state index contributed by atoms with van der Waals surface area (Å²) in [6, 6.07) is 5.72. The van der Waals surface area contributed by atoms with E-state index in [2.05, 4.69) is 0 Å². The van der Waals surface area contributed by atoms with Crippen molar-refractivity contribution >= 4 is 0 Å². The molecule has 1 aromatic rings. The number of aryl methyl sites for hydroxylation is 1. The van der Waals surface area contributed by atoms with Gasteiger partial charge in [0.05, 0.1) is 13.2 Å². The first kappa shape index (κ1) is 12.0. The van der Waals surface area contributed by atoms with Crippen LogP contribution < -0.4 is 4.74 Å². The summed E-state index contributed by atoms with van der Waals surface area (Å²) in [6.07, 6.45) is 1.58. The summed E-state index contributed by atoms with van der Waals surface area (Å²) < 4.78 is 5.59. The van der Waals surface area contributed by atoms with Gasteiger partial charge in [0.15, 0.2) is 0 Å². The number of benzene rings is 1. The zero-order valence-corrected chi connectivity index (χ0v) is 9.07. The Hall–Kier alpha value is -1.06. The van der Waals surface area contributed by atoms with Gasteiger partial charge in [-0.25, -0.2) is 0 Å². The van der Waals surface area contributed by atoms with Gasteiger partial charge in [-0.3, -0.25) is 0 Å². The van der Waals surface area contributed by atoms with Gasteiger partial charge in [0, 0.05) is 12.2 Å². The number of unbranched alkanes of at least 4 members (excludes halogenated alkanes) is 1. The van der Waals surface area contributed by atoms with Crippen LogP contribution in [0.3, 0.4) is 0 Å². The molecule has 0 unspecified atom stereocenters. The highest BCUT2D eigenvalue weighted by Crippen LogP contribution is 2.23. The predicted molar refractivity (Wildman–Crippen MR) is 58.9 cm³/mol. The molecule has 0 amide bonds. The highest BCUT2D eigenvalue weighted by Gasteiger charge is 2.05. The minimum Gasteiger partial charge on any atom is -0.493 e. The van der Waals surface area contributed by atoms with Crippen LogP contribution in [0, 0.1) is 6.92 Å². The molecule has 15 heavy (non-hydrogen) atoms. The van der Waals surface area contributed by atoms with Crippen molar-refractivity contribution in [1.29, 1.82) is 0 Å². The lowest BCUT2D eigenvalue weighted by molar-refractivity contribution is 0.241. The third-order valence-corrected chi connectivity index (χ3v) is 2.26. The molecule has 3 nitrogen and oxygen atoms in total. The number of para-hydroxylation sites is 1. The number of ether oxygens (including phenoxy) is 1. The number of aliphatic hydroxyl groups is 2. The highest BCUT2D eigenvalue weighted by atomic mass is 16.5. The Balaban J connectivity index is 2.58. The quantitative estimate of drug-likeness (QED) is 0.702. The Morgan fingerprint density at radius 2 is 2.00 bits per heavy atom. The van der Waals surface area contributed by atoms with Crippen molar-refractivity contribution in [2.45, 2.75) is 26.4 Å². The van der Waals surface area contributed by atoms with Gasteiger partial charge < -0.3 is 14.9 Å². The van der Waals surface area contributed by atoms with E-state index in [1.165, 1.54) is 0 Å². The molecule has 84 valence electrons. The SMILES string of the molecule is Cc1cccc(CO)c1OCCCCO. The molecule has 0 saturated heterocycles. The van der Waals surface area contributed by atoms with E-state index in [0.29, 0.717) is 6.61 Å². The fourth-order valence-corrected chi connectivity index (χ4v) is 1.43. The highest BCUT2D eigenvalue weighted by molar-refractivity contribution is 5.40. The summed E-state index contributed by atoms with van der Waals surface area (Å²) >= 11 is 0. The second-order valence-electron chi connectivity index (χ2n) is 3.50. The molecule has 0 aliphatic rings. The van der Waals surface area contributed by atoms with Crippen LogP contribution >= 0.6 is 0 Å². The standard InChI is InChI=1S/C12H18O3/c1-10-5-4-6-11(9-14)12(10)15-8-3-2-7-13/h4-6,13-14H,2-3,7-9H2,1H3. The largest absolute Gasteiger partial charge is 0.493 e. The molecule has 0 fully saturated rings. The van der Waals surface area contributed by atoms with Crippen LogP contribution in [-0.4, -0.2) is 23.4 Å². The molecular weight excluding hydrogens is 192 g/mol. The Bertz CT molecular complexity index is 297. The van der Waals surface area contributed by atoms with Crippen molar-refractivity contribution in [2.24, 2.45) is 0 Å². The average molecular weight is 210 g/mol. The molecule has 0 radical (unpaired) electrons. The van der Waals surface area contributed by atoms with Crippen molar-refractivity contribution in [1.82, 2.24) is 0 Å². The van der Waals surface area contributed by atoms with Crippen LogP contribution in [0.15, 0.2) is 18.2 Å². The fourth-order valence-electron chi connectivity index (χ4n) is 1.43. The topological polar surface area (TPSA) is 49.7 Å². The summed E-state index contributed by atoms with van der Waals surface area (Å²) in [7, 11) is 0. The van der Waals surface area contributed by atoms with Gasteiger partial charge >= 0.3 is 0 Å². The molecule has 0 bridgehead atoms. The first-order chi connectivity index (χ1) is 7.29. The van der Waals surface area contributed by atoms with Crippen LogP contribution in [0.2, 0.25) is 0 Å². The summed E-state index contributed by atoms with van der Waals surface area (Å²) in [5, 5.41) is 17.7. The molecule has 1 rings (SSSR count). The Labute approximate surface area is 90.3 Å². The van der Waals surface area contributed by atoms with Gasteiger partial charge in [0.25, 0.3) is 0 Å². The minimum atomic E-state index is -0.00296. The Kier molecular flexibility index (Phi) is 5.15. The maximum atomic E-state index is 9.13. The summed E-state index contributed by atoms with van der Waals surface area (Å²) in [6.45, 7) is 2.74. The van der Waals surface area contributed by atoms with E-state index in [1.54, 1.807) is 0 Å². The number of hydrogen-bond donors (Lipinski definition) is 2. The predicted octanol–water partition coefficient (Wildman–Crippen LogP) is 1.64. The molecule has 0 atom stereocenters. The lowest BCUT2D eigenvalue weighted by Crippen LogP contribution is -2.02. The molecule has 0 aliphatic heterocycles. The molecule has 0 aliphatic carbocycles. The lowest BCUT2D eigenvalue weighted by Gasteiger charge is -2.12. The van der Waals surface area contributed by atoms with E-state index in [-0.39, 0.29) is 13.2 Å². The van der Waals surface area contributed by atoms with Crippen LogP contribution in [0.4, 0.5) is 0 Å². The van der Waals surface area contributed by atoms with Crippen molar-refractivity contribution < 1.29 is 14.9 Å². The van der Waals surface area contributed by atoms with Crippen molar-refractivity contribution in [2.75, 3.05) is 13.2 Å². The van der Waals surface area contributed by atoms with Crippen LogP contribution in [0.5, 0.6) is 5.75 Å². The molecule has 0 saturated carbocycles. The lowest BCUT2D eigenvalue weighted by atomic mass is 10.1. The summed E-state index contributed by atoms with van der Waals surface area (Å²) in [5.74, 6) is 0.776. The molecule has 2 N–H and O–H groups in total. The molecule has 1 aromatic carbocycles. The minimum absolute atomic E-state index is 0.00296. The monoisotopic (exact) mass is 210 g/mol. The third-order valence-electron chi connectivity index (χ3n) is 2.26. The molecule has 0 aromatic heterocycles. The van der Waals surface area contributed by atoms with Gasteiger partial charge in [-0.15, -0.1) is 0 Å². The summed E-state index contributed by atoms with van der Waals surface area (Å²) in [5.41, 5.74) is 1.85. The molecule has 3 heteroatoms. The number of aliphatic hydroxyl groups excluding tert-OH is 2. The van der Waals surface area contributed by atoms with E-state index >= 15 is 0 Å². The van der Waals surface area contributed by atoms with Gasteiger partial charge in [-0.05, 0) is 25.3 Å². The average Bonchev–Trinajstić information content (AvgIpc) is 2.26. The Morgan fingerprint density at radius 3 is 2.67 bits per heavy atom. The molecule has 0 heterocycles. The number of hydrogen-bond acceptors (Lipinski definition) is 3. The van der Waals surface area contributed by atoms with E-state index in [4.69, 9.17) is 14.9 Å². The van der Waals surface area contributed by atoms with Crippen LogP contribution in [0.1, 0.15) is 24.0 Å². The van der Waals surface area contributed by atoms with Crippen molar-refractivity contribution in [3.05, 3.63) is 29.3 Å². The van der Waals surface area contributed by atoms with E-state index in [9.17, 15) is 0 Å². The van der Waals surface area contributed by atoms with E-state index < -0.39 is 0 Å². The second-order valence-corrected chi connectivity index (χ2v) is 3.50. The second kappa shape index (κ2) is 6.43. The zero-order valence-electron chi connectivity index (χ0n) is 9.07. The van der Waals surface area contributed by atoms with Gasteiger partial charge in [-0.1, -0.05) is 18.2 Å². The van der Waals surface area contributed by atoms with Crippen molar-refractivity contribution in [3.63, 3.8) is 0 Å². The van der Waals surface area contributed by atoms with Gasteiger partial charge in [-0.2, -0.15) is 0 Å². The Morgan fingerprint density at radius 1 is 1.20 bits per heavy atom. The maximum Gasteiger partial charge on any atom is 0.127 e. The first-order valence-electron chi connectivity index (χ1n) is 5.22. The van der Waals surface area contributed by atoms with Crippen molar-refractivity contribution in [3.8, 4) is 5.75 Å². The fraction of sp³-hybridized carbons (Fsp3) is 0.500. The van der Waals surface area contributed by atoms with Crippen LogP contribution in [-0.2, 0) is 6.61 Å². The molecule has 0 spiro atoms. The van der Waals surface area contributed by atoms with E-state index in [1.807, 2.05) is 25.1 Å². The van der Waals surface area contributed by atoms with Gasteiger partial charge in [0.1, 0.15) is 5.75 Å². The zero-order chi connectivity index (χ0) is 11.1. The first-order valence-corrected chi connectivity index (χ1v) is 5.22. The third kappa shape index (κ3) is 3.53. The normalized spacial score (nSPS) is 10.3. The molecular formula is C12H18O3. The van der Waals surface area contributed by atoms with Gasteiger partial charge in [0.2, 0.25) is 0 Å². The number of rotatable bonds is 6. The summed E-state index contributed by atoms with van der Waals surface area (Å²) in [4.78, 5) is 0. The van der Waals surface area contributed by atoms with Crippen LogP contribution in [0.25, 0.3) is 0 Å². The maximum absolute atomic E-state index is 9.13. The van der Waals surface area contributed by atoms with E-state index in [0.717, 1.165) is 29.7 Å². The smallest absolute Gasteiger partial charge is 0.127 e.